The first-order chi connectivity index (χ1) is 15.7. The Bertz CT molecular complexity index is 760. The normalized spacial score (nSPS) is 47.3. The van der Waals surface area contributed by atoms with E-state index in [1.165, 1.54) is 32.6 Å². The molecule has 10 atom stereocenters. The molecule has 4 saturated carbocycles. The Morgan fingerprint density at radius 3 is 2.41 bits per heavy atom. The number of fused-ring (bicyclic) bond motifs is 5. The average molecular weight is 479 g/mol. The highest BCUT2D eigenvalue weighted by molar-refractivity contribution is 5.66. The van der Waals surface area contributed by atoms with Gasteiger partial charge in [-0.05, 0) is 107 Å². The van der Waals surface area contributed by atoms with Crippen molar-refractivity contribution in [2.75, 3.05) is 0 Å². The molecule has 0 bridgehead atoms. The number of hydrogen-bond acceptors (Lipinski definition) is 5. The molecule has 4 fully saturated rings. The van der Waals surface area contributed by atoms with Gasteiger partial charge in [-0.25, -0.2) is 0 Å². The van der Waals surface area contributed by atoms with Gasteiger partial charge in [-0.2, -0.15) is 0 Å². The van der Waals surface area contributed by atoms with E-state index < -0.39 is 23.4 Å². The Balaban J connectivity index is 1.49. The van der Waals surface area contributed by atoms with Crippen molar-refractivity contribution >= 4 is 5.97 Å². The summed E-state index contributed by atoms with van der Waals surface area (Å²) in [6.45, 7) is 12.4. The van der Waals surface area contributed by atoms with Crippen LogP contribution in [0.25, 0.3) is 0 Å². The Hall–Kier alpha value is -0.650. The quantitative estimate of drug-likeness (QED) is 0.455. The van der Waals surface area contributed by atoms with E-state index in [0.717, 1.165) is 38.0 Å². The first kappa shape index (κ1) is 26.4. The van der Waals surface area contributed by atoms with E-state index >= 15 is 0 Å². The summed E-state index contributed by atoms with van der Waals surface area (Å²) in [5.41, 5.74) is -1.73. The monoisotopic (exact) mass is 478 g/mol. The molecule has 0 amide bonds. The van der Waals surface area contributed by atoms with Crippen molar-refractivity contribution in [3.05, 3.63) is 0 Å². The third kappa shape index (κ3) is 4.26. The van der Waals surface area contributed by atoms with Crippen molar-refractivity contribution < 1.29 is 24.9 Å². The highest BCUT2D eigenvalue weighted by Gasteiger charge is 2.67. The molecule has 4 aliphatic rings. The van der Waals surface area contributed by atoms with E-state index in [9.17, 15) is 20.1 Å². The SMILES string of the molecule is CC(=O)O[C@H]1CC[C@]2(C)[C@H]3CC[C@]4(C)[C@@H](C(C)CCCC(C)(C)O)CC[C@H]4[C@@H]3CCC2(O)C1O. The van der Waals surface area contributed by atoms with Crippen molar-refractivity contribution in [3.8, 4) is 0 Å². The number of aliphatic hydroxyl groups is 3. The first-order valence-corrected chi connectivity index (χ1v) is 14.0. The van der Waals surface area contributed by atoms with Gasteiger partial charge in [0.2, 0.25) is 0 Å². The molecule has 0 aromatic rings. The van der Waals surface area contributed by atoms with Gasteiger partial charge in [0.1, 0.15) is 12.2 Å². The van der Waals surface area contributed by atoms with Gasteiger partial charge < -0.3 is 20.1 Å². The van der Waals surface area contributed by atoms with Crippen LogP contribution < -0.4 is 0 Å². The Kier molecular flexibility index (Phi) is 7.01. The fourth-order valence-corrected chi connectivity index (χ4v) is 9.64. The maximum atomic E-state index is 11.9. The van der Waals surface area contributed by atoms with Gasteiger partial charge in [-0.15, -0.1) is 0 Å². The highest BCUT2D eigenvalue weighted by Crippen LogP contribution is 2.69. The zero-order chi connectivity index (χ0) is 25.1. The fraction of sp³-hybridized carbons (Fsp3) is 0.966. The zero-order valence-electron chi connectivity index (χ0n) is 22.5. The first-order valence-electron chi connectivity index (χ1n) is 14.0. The summed E-state index contributed by atoms with van der Waals surface area (Å²) in [6.07, 6.45) is 9.43. The van der Waals surface area contributed by atoms with Gasteiger partial charge in [0.25, 0.3) is 0 Å². The van der Waals surface area contributed by atoms with Crippen LogP contribution in [0.5, 0.6) is 0 Å². The summed E-state index contributed by atoms with van der Waals surface area (Å²) in [5, 5.41) is 33.2. The molecule has 0 aromatic heterocycles. The molecule has 0 heterocycles. The van der Waals surface area contributed by atoms with Crippen LogP contribution in [0.15, 0.2) is 0 Å². The van der Waals surface area contributed by atoms with Crippen LogP contribution >= 0.6 is 0 Å². The van der Waals surface area contributed by atoms with Crippen LogP contribution in [-0.4, -0.2) is 44.7 Å². The molecule has 3 unspecified atom stereocenters. The van der Waals surface area contributed by atoms with E-state index in [2.05, 4.69) is 20.8 Å². The lowest BCUT2D eigenvalue weighted by Crippen LogP contribution is -2.69. The van der Waals surface area contributed by atoms with Crippen LogP contribution in [0.1, 0.15) is 112 Å². The van der Waals surface area contributed by atoms with Crippen LogP contribution in [-0.2, 0) is 9.53 Å². The molecular formula is C29H50O5. The predicted molar refractivity (Wildman–Crippen MR) is 133 cm³/mol. The third-order valence-electron chi connectivity index (χ3n) is 11.4. The van der Waals surface area contributed by atoms with Gasteiger partial charge in [-0.1, -0.05) is 33.6 Å². The Labute approximate surface area is 207 Å². The number of carbonyl (C=O) groups is 1. The molecule has 5 heteroatoms. The van der Waals surface area contributed by atoms with Gasteiger partial charge in [0.15, 0.2) is 0 Å². The van der Waals surface area contributed by atoms with Gasteiger partial charge in [0, 0.05) is 12.3 Å². The number of rotatable bonds is 6. The van der Waals surface area contributed by atoms with Crippen LogP contribution in [0.4, 0.5) is 0 Å². The van der Waals surface area contributed by atoms with E-state index in [1.807, 2.05) is 13.8 Å². The smallest absolute Gasteiger partial charge is 0.302 e. The zero-order valence-corrected chi connectivity index (χ0v) is 22.5. The summed E-state index contributed by atoms with van der Waals surface area (Å²) < 4.78 is 5.41. The molecule has 3 N–H and O–H groups in total. The van der Waals surface area contributed by atoms with Gasteiger partial charge in [0.05, 0.1) is 11.2 Å². The van der Waals surface area contributed by atoms with Crippen molar-refractivity contribution in [2.45, 2.75) is 136 Å². The number of esters is 1. The van der Waals surface area contributed by atoms with Gasteiger partial charge >= 0.3 is 5.97 Å². The second-order valence-electron chi connectivity index (χ2n) is 13.8. The van der Waals surface area contributed by atoms with Crippen molar-refractivity contribution in [2.24, 2.45) is 40.4 Å². The molecule has 4 aliphatic carbocycles. The van der Waals surface area contributed by atoms with Crippen LogP contribution in [0.2, 0.25) is 0 Å². The minimum atomic E-state index is -1.18. The van der Waals surface area contributed by atoms with E-state index in [-0.39, 0.29) is 11.4 Å². The maximum absolute atomic E-state index is 11.9. The number of carbonyl (C=O) groups excluding carboxylic acids is 1. The average Bonchev–Trinajstić information content (AvgIpc) is 3.08. The topological polar surface area (TPSA) is 87.0 Å². The van der Waals surface area contributed by atoms with Crippen molar-refractivity contribution in [3.63, 3.8) is 0 Å². The lowest BCUT2D eigenvalue weighted by atomic mass is 9.42. The van der Waals surface area contributed by atoms with Crippen molar-refractivity contribution in [1.29, 1.82) is 0 Å². The lowest BCUT2D eigenvalue weighted by molar-refractivity contribution is -0.270. The lowest BCUT2D eigenvalue weighted by Gasteiger charge is -2.65. The second-order valence-corrected chi connectivity index (χ2v) is 13.8. The molecule has 5 nitrogen and oxygen atoms in total. The molecule has 0 radical (unpaired) electrons. The number of aliphatic hydroxyl groups excluding tert-OH is 1. The molecular weight excluding hydrogens is 428 g/mol. The minimum absolute atomic E-state index is 0.330. The Morgan fingerprint density at radius 1 is 1.06 bits per heavy atom. The van der Waals surface area contributed by atoms with E-state index in [0.29, 0.717) is 41.9 Å². The predicted octanol–water partition coefficient (Wildman–Crippen LogP) is 5.24. The molecule has 0 spiro atoms. The number of hydrogen-bond donors (Lipinski definition) is 3. The Morgan fingerprint density at radius 2 is 1.76 bits per heavy atom. The summed E-state index contributed by atoms with van der Waals surface area (Å²) in [4.78, 5) is 11.6. The van der Waals surface area contributed by atoms with E-state index in [1.54, 1.807) is 0 Å². The van der Waals surface area contributed by atoms with E-state index in [4.69, 9.17) is 4.74 Å². The highest BCUT2D eigenvalue weighted by atomic mass is 16.6. The van der Waals surface area contributed by atoms with Gasteiger partial charge in [-0.3, -0.25) is 4.79 Å². The summed E-state index contributed by atoms with van der Waals surface area (Å²) >= 11 is 0. The molecule has 0 saturated heterocycles. The molecule has 196 valence electrons. The fourth-order valence-electron chi connectivity index (χ4n) is 9.64. The summed E-state index contributed by atoms with van der Waals surface area (Å²) in [7, 11) is 0. The maximum Gasteiger partial charge on any atom is 0.302 e. The standard InChI is InChI=1S/C29H50O5/c1-18(8-7-14-26(3,4)32)21-9-10-22-20-11-17-29(33)25(31)24(34-19(2)30)13-16-28(29,6)23(20)12-15-27(21,22)5/h18,20-25,31-33H,7-17H2,1-6H3/t18?,20-,21+,22-,23-,24-,25?,27+,28+,29?/m0/s1. The van der Waals surface area contributed by atoms with Crippen LogP contribution in [0.3, 0.4) is 0 Å². The molecule has 4 rings (SSSR count). The third-order valence-corrected chi connectivity index (χ3v) is 11.4. The molecule has 0 aliphatic heterocycles. The summed E-state index contributed by atoms with van der Waals surface area (Å²) in [6, 6.07) is 0. The van der Waals surface area contributed by atoms with Crippen molar-refractivity contribution in [1.82, 2.24) is 0 Å². The molecule has 34 heavy (non-hydrogen) atoms. The molecule has 0 aromatic carbocycles. The number of ether oxygens (including phenoxy) is 1. The minimum Gasteiger partial charge on any atom is -0.460 e. The second kappa shape index (κ2) is 9.03. The largest absolute Gasteiger partial charge is 0.460 e. The summed E-state index contributed by atoms with van der Waals surface area (Å²) in [5.74, 6) is 2.74. The van der Waals surface area contributed by atoms with Crippen LogP contribution in [0, 0.1) is 40.4 Å².